The number of ketones is 1. The van der Waals surface area contributed by atoms with Gasteiger partial charge in [-0.25, -0.2) is 0 Å². The third-order valence-corrected chi connectivity index (χ3v) is 4.83. The molecule has 1 fully saturated rings. The van der Waals surface area contributed by atoms with Crippen LogP contribution in [0.2, 0.25) is 0 Å². The van der Waals surface area contributed by atoms with E-state index in [-0.39, 0.29) is 17.7 Å². The predicted octanol–water partition coefficient (Wildman–Crippen LogP) is 2.83. The van der Waals surface area contributed by atoms with Crippen LogP contribution in [0, 0.1) is 5.41 Å². The van der Waals surface area contributed by atoms with Crippen LogP contribution >= 0.6 is 0 Å². The standard InChI is InChI=1S/C18H22N2O2/c1-2-14(13-8-4-3-5-9-13)19-16-12-15(21)18(17(22)20-16)10-6-7-11-18/h3-5,8-9,12,14,19H,2,6-7,10-11H2,1H3,(H,20,22)/t14-/m1/s1. The zero-order valence-corrected chi connectivity index (χ0v) is 12.9. The summed E-state index contributed by atoms with van der Waals surface area (Å²) in [6.07, 6.45) is 5.72. The molecule has 3 rings (SSSR count). The lowest BCUT2D eigenvalue weighted by atomic mass is 9.79. The average Bonchev–Trinajstić information content (AvgIpc) is 3.02. The molecular weight excluding hydrogens is 276 g/mol. The van der Waals surface area contributed by atoms with Crippen molar-refractivity contribution in [2.24, 2.45) is 5.41 Å². The number of hydrogen-bond donors (Lipinski definition) is 2. The smallest absolute Gasteiger partial charge is 0.239 e. The van der Waals surface area contributed by atoms with E-state index in [1.54, 1.807) is 6.08 Å². The summed E-state index contributed by atoms with van der Waals surface area (Å²) < 4.78 is 0. The molecule has 2 aliphatic rings. The molecule has 4 nitrogen and oxygen atoms in total. The second kappa shape index (κ2) is 5.95. The van der Waals surface area contributed by atoms with Gasteiger partial charge in [-0.05, 0) is 24.8 Å². The van der Waals surface area contributed by atoms with Gasteiger partial charge in [0.25, 0.3) is 0 Å². The predicted molar refractivity (Wildman–Crippen MR) is 84.7 cm³/mol. The summed E-state index contributed by atoms with van der Waals surface area (Å²) in [5.74, 6) is 0.352. The molecule has 1 aromatic rings. The average molecular weight is 298 g/mol. The maximum atomic E-state index is 12.5. The number of allylic oxidation sites excluding steroid dienone is 1. The minimum Gasteiger partial charge on any atom is -0.365 e. The summed E-state index contributed by atoms with van der Waals surface area (Å²) in [5, 5.41) is 6.20. The monoisotopic (exact) mass is 298 g/mol. The molecule has 0 radical (unpaired) electrons. The number of amides is 1. The van der Waals surface area contributed by atoms with Gasteiger partial charge in [-0.3, -0.25) is 9.59 Å². The third-order valence-electron chi connectivity index (χ3n) is 4.83. The van der Waals surface area contributed by atoms with E-state index in [4.69, 9.17) is 0 Å². The molecule has 116 valence electrons. The molecule has 1 saturated carbocycles. The van der Waals surface area contributed by atoms with E-state index in [1.165, 1.54) is 0 Å². The molecule has 1 spiro atoms. The van der Waals surface area contributed by atoms with E-state index in [0.717, 1.165) is 24.8 Å². The number of hydrogen-bond acceptors (Lipinski definition) is 3. The molecule has 1 atom stereocenters. The maximum Gasteiger partial charge on any atom is 0.239 e. The normalized spacial score (nSPS) is 21.4. The SMILES string of the molecule is CC[C@@H](NC1=CC(=O)C2(CCCC2)C(=O)N1)c1ccccc1. The van der Waals surface area contributed by atoms with Gasteiger partial charge in [0, 0.05) is 6.08 Å². The number of carbonyl (C=O) groups excluding carboxylic acids is 2. The number of rotatable bonds is 4. The van der Waals surface area contributed by atoms with Crippen molar-refractivity contribution in [3.05, 3.63) is 47.8 Å². The molecule has 0 saturated heterocycles. The first kappa shape index (κ1) is 14.8. The summed E-state index contributed by atoms with van der Waals surface area (Å²) in [5.41, 5.74) is 0.355. The Hall–Kier alpha value is -2.10. The van der Waals surface area contributed by atoms with Crippen molar-refractivity contribution in [2.45, 2.75) is 45.1 Å². The Bertz CT molecular complexity index is 601. The quantitative estimate of drug-likeness (QED) is 0.840. The Balaban J connectivity index is 1.78. The largest absolute Gasteiger partial charge is 0.365 e. The third kappa shape index (κ3) is 2.54. The first-order chi connectivity index (χ1) is 10.7. The summed E-state index contributed by atoms with van der Waals surface area (Å²) in [6, 6.07) is 10.1. The lowest BCUT2D eigenvalue weighted by Gasteiger charge is -2.31. The lowest BCUT2D eigenvalue weighted by molar-refractivity contribution is -0.140. The number of carbonyl (C=O) groups is 2. The summed E-state index contributed by atoms with van der Waals surface area (Å²) in [7, 11) is 0. The highest BCUT2D eigenvalue weighted by atomic mass is 16.2. The second-order valence-corrected chi connectivity index (χ2v) is 6.18. The van der Waals surface area contributed by atoms with E-state index in [9.17, 15) is 9.59 Å². The van der Waals surface area contributed by atoms with Crippen molar-refractivity contribution in [1.82, 2.24) is 10.6 Å². The maximum absolute atomic E-state index is 12.5. The van der Waals surface area contributed by atoms with Gasteiger partial charge in [0.15, 0.2) is 5.78 Å². The Morgan fingerprint density at radius 2 is 1.86 bits per heavy atom. The molecule has 1 heterocycles. The van der Waals surface area contributed by atoms with Crippen molar-refractivity contribution >= 4 is 11.7 Å². The van der Waals surface area contributed by atoms with Gasteiger partial charge in [-0.1, -0.05) is 50.1 Å². The van der Waals surface area contributed by atoms with Crippen LogP contribution in [0.25, 0.3) is 0 Å². The van der Waals surface area contributed by atoms with E-state index >= 15 is 0 Å². The van der Waals surface area contributed by atoms with Gasteiger partial charge in [0.2, 0.25) is 5.91 Å². The zero-order chi connectivity index (χ0) is 15.6. The molecule has 1 aliphatic carbocycles. The van der Waals surface area contributed by atoms with Crippen LogP contribution in [0.5, 0.6) is 0 Å². The van der Waals surface area contributed by atoms with Crippen molar-refractivity contribution in [3.8, 4) is 0 Å². The Kier molecular flexibility index (Phi) is 4.01. The minimum absolute atomic E-state index is 0.0424. The highest BCUT2D eigenvalue weighted by molar-refractivity contribution is 6.14. The van der Waals surface area contributed by atoms with E-state index in [0.29, 0.717) is 18.7 Å². The molecule has 0 aromatic heterocycles. The topological polar surface area (TPSA) is 58.2 Å². The molecule has 4 heteroatoms. The van der Waals surface area contributed by atoms with E-state index in [1.807, 2.05) is 30.3 Å². The highest BCUT2D eigenvalue weighted by Crippen LogP contribution is 2.41. The lowest BCUT2D eigenvalue weighted by Crippen LogP contribution is -2.50. The van der Waals surface area contributed by atoms with Crippen molar-refractivity contribution in [1.29, 1.82) is 0 Å². The van der Waals surface area contributed by atoms with Crippen molar-refractivity contribution < 1.29 is 9.59 Å². The van der Waals surface area contributed by atoms with Crippen LogP contribution in [0.15, 0.2) is 42.2 Å². The summed E-state index contributed by atoms with van der Waals surface area (Å²) in [6.45, 7) is 2.08. The van der Waals surface area contributed by atoms with Crippen LogP contribution in [-0.2, 0) is 9.59 Å². The Morgan fingerprint density at radius 3 is 2.45 bits per heavy atom. The summed E-state index contributed by atoms with van der Waals surface area (Å²) >= 11 is 0. The zero-order valence-electron chi connectivity index (χ0n) is 12.9. The van der Waals surface area contributed by atoms with Crippen LogP contribution in [0.4, 0.5) is 0 Å². The molecule has 2 N–H and O–H groups in total. The molecular formula is C18H22N2O2. The van der Waals surface area contributed by atoms with Crippen LogP contribution in [0.1, 0.15) is 50.6 Å². The van der Waals surface area contributed by atoms with Gasteiger partial charge in [-0.2, -0.15) is 0 Å². The van der Waals surface area contributed by atoms with Gasteiger partial charge in [-0.15, -0.1) is 0 Å². The molecule has 22 heavy (non-hydrogen) atoms. The molecule has 1 amide bonds. The van der Waals surface area contributed by atoms with Crippen LogP contribution in [-0.4, -0.2) is 11.7 Å². The number of nitrogens with one attached hydrogen (secondary N) is 2. The fraction of sp³-hybridized carbons (Fsp3) is 0.444. The number of benzene rings is 1. The highest BCUT2D eigenvalue weighted by Gasteiger charge is 2.49. The second-order valence-electron chi connectivity index (χ2n) is 6.18. The fourth-order valence-corrected chi connectivity index (χ4v) is 3.48. The first-order valence-corrected chi connectivity index (χ1v) is 8.05. The molecule has 0 bridgehead atoms. The summed E-state index contributed by atoms with van der Waals surface area (Å²) in [4.78, 5) is 24.9. The minimum atomic E-state index is -0.792. The van der Waals surface area contributed by atoms with E-state index in [2.05, 4.69) is 17.6 Å². The molecule has 1 aliphatic heterocycles. The molecule has 1 aromatic carbocycles. The van der Waals surface area contributed by atoms with Crippen LogP contribution < -0.4 is 10.6 Å². The Morgan fingerprint density at radius 1 is 1.18 bits per heavy atom. The van der Waals surface area contributed by atoms with Crippen molar-refractivity contribution in [3.63, 3.8) is 0 Å². The van der Waals surface area contributed by atoms with Gasteiger partial charge >= 0.3 is 0 Å². The van der Waals surface area contributed by atoms with Crippen LogP contribution in [0.3, 0.4) is 0 Å². The van der Waals surface area contributed by atoms with E-state index < -0.39 is 5.41 Å². The fourth-order valence-electron chi connectivity index (χ4n) is 3.48. The first-order valence-electron chi connectivity index (χ1n) is 8.05. The van der Waals surface area contributed by atoms with Crippen molar-refractivity contribution in [2.75, 3.05) is 0 Å². The Labute approximate surface area is 131 Å². The van der Waals surface area contributed by atoms with Gasteiger partial charge in [0.1, 0.15) is 11.2 Å². The molecule has 0 unspecified atom stereocenters. The van der Waals surface area contributed by atoms with Gasteiger partial charge < -0.3 is 10.6 Å². The van der Waals surface area contributed by atoms with Gasteiger partial charge in [0.05, 0.1) is 6.04 Å².